The topological polar surface area (TPSA) is 54.4 Å². The zero-order valence-electron chi connectivity index (χ0n) is 10.0. The zero-order chi connectivity index (χ0) is 15.1. The summed E-state index contributed by atoms with van der Waals surface area (Å²) < 4.78 is 12.9. The molecule has 0 aromatic heterocycles. The van der Waals surface area contributed by atoms with Crippen LogP contribution in [0.4, 0.5) is 4.39 Å². The van der Waals surface area contributed by atoms with Gasteiger partial charge < -0.3 is 5.11 Å². The van der Waals surface area contributed by atoms with Crippen molar-refractivity contribution < 1.29 is 19.1 Å². The first kappa shape index (κ1) is 16.3. The van der Waals surface area contributed by atoms with Crippen LogP contribution in [-0.4, -0.2) is 17.7 Å². The first-order valence-corrected chi connectivity index (χ1v) is 6.49. The maximum atomic E-state index is 12.4. The molecule has 0 saturated carbocycles. The molecule has 0 saturated heterocycles. The molecule has 0 spiro atoms. The number of phenols is 1. The van der Waals surface area contributed by atoms with Gasteiger partial charge >= 0.3 is 0 Å². The first-order valence-electron chi connectivity index (χ1n) is 5.32. The summed E-state index contributed by atoms with van der Waals surface area (Å²) in [4.78, 5) is 20.3. The largest absolute Gasteiger partial charge is 0.506 e. The minimum Gasteiger partial charge on any atom is -0.506 e. The van der Waals surface area contributed by atoms with Crippen LogP contribution in [0.1, 0.15) is 20.7 Å². The molecule has 0 bridgehead atoms. The molecule has 0 fully saturated rings. The highest BCUT2D eigenvalue weighted by atomic mass is 79.9. The number of hydrogen-bond donors (Lipinski definition) is 1. The molecule has 0 aliphatic heterocycles. The fourth-order valence-corrected chi connectivity index (χ4v) is 1.78. The lowest BCUT2D eigenvalue weighted by Crippen LogP contribution is -1.81. The number of carbonyl (C=O) groups is 2. The van der Waals surface area contributed by atoms with Crippen molar-refractivity contribution in [1.29, 1.82) is 0 Å². The second-order valence-electron chi connectivity index (χ2n) is 3.59. The highest BCUT2D eigenvalue weighted by Crippen LogP contribution is 2.25. The van der Waals surface area contributed by atoms with Crippen LogP contribution in [0, 0.1) is 5.82 Å². The molecule has 3 nitrogen and oxygen atoms in total. The average molecular weight is 360 g/mol. The molecular weight excluding hydrogens is 351 g/mol. The summed E-state index contributed by atoms with van der Waals surface area (Å²) in [5.74, 6) is -0.509. The Balaban J connectivity index is 0.000000200. The lowest BCUT2D eigenvalue weighted by Gasteiger charge is -1.96. The second kappa shape index (κ2) is 7.77. The van der Waals surface area contributed by atoms with E-state index in [1.807, 2.05) is 0 Å². The van der Waals surface area contributed by atoms with Crippen LogP contribution in [0.5, 0.6) is 5.75 Å². The van der Waals surface area contributed by atoms with E-state index in [2.05, 4.69) is 15.9 Å². The minimum atomic E-state index is -0.507. The van der Waals surface area contributed by atoms with Crippen LogP contribution in [0.25, 0.3) is 0 Å². The van der Waals surface area contributed by atoms with E-state index in [-0.39, 0.29) is 10.8 Å². The lowest BCUT2D eigenvalue weighted by molar-refractivity contribution is 0.111. The number of aldehydes is 2. The molecule has 2 aromatic rings. The molecule has 0 aliphatic carbocycles. The van der Waals surface area contributed by atoms with E-state index in [0.717, 1.165) is 6.07 Å². The van der Waals surface area contributed by atoms with E-state index in [1.165, 1.54) is 12.1 Å². The van der Waals surface area contributed by atoms with Gasteiger partial charge in [-0.1, -0.05) is 17.7 Å². The fourth-order valence-electron chi connectivity index (χ4n) is 1.21. The van der Waals surface area contributed by atoms with Gasteiger partial charge in [0.15, 0.2) is 6.29 Å². The third kappa shape index (κ3) is 4.43. The zero-order valence-corrected chi connectivity index (χ0v) is 12.4. The molecule has 104 valence electrons. The summed E-state index contributed by atoms with van der Waals surface area (Å²) in [6.07, 6.45) is 1.23. The van der Waals surface area contributed by atoms with Crippen molar-refractivity contribution in [1.82, 2.24) is 0 Å². The molecule has 2 rings (SSSR count). The maximum absolute atomic E-state index is 12.4. The van der Waals surface area contributed by atoms with Gasteiger partial charge in [-0.25, -0.2) is 4.39 Å². The van der Waals surface area contributed by atoms with Crippen molar-refractivity contribution >= 4 is 40.1 Å². The highest BCUT2D eigenvalue weighted by Gasteiger charge is 2.01. The summed E-state index contributed by atoms with van der Waals surface area (Å²) in [6.45, 7) is 0. The summed E-state index contributed by atoms with van der Waals surface area (Å²) in [5, 5.41) is 9.10. The molecule has 0 atom stereocenters. The second-order valence-corrected chi connectivity index (χ2v) is 4.85. The number of carbonyl (C=O) groups excluding carboxylic acids is 2. The third-order valence-electron chi connectivity index (χ3n) is 2.22. The fraction of sp³-hybridized carbons (Fsp3) is 0. The van der Waals surface area contributed by atoms with Crippen LogP contribution < -0.4 is 0 Å². The van der Waals surface area contributed by atoms with Crippen LogP contribution in [0.3, 0.4) is 0 Å². The summed E-state index contributed by atoms with van der Waals surface area (Å²) in [6, 6.07) is 8.72. The van der Waals surface area contributed by atoms with Gasteiger partial charge in [0, 0.05) is 5.56 Å². The third-order valence-corrected chi connectivity index (χ3v) is 3.15. The van der Waals surface area contributed by atoms with Crippen molar-refractivity contribution in [3.05, 3.63) is 62.8 Å². The molecule has 6 heteroatoms. The summed E-state index contributed by atoms with van der Waals surface area (Å²) >= 11 is 8.44. The number of rotatable bonds is 2. The van der Waals surface area contributed by atoms with Gasteiger partial charge in [-0.05, 0) is 46.3 Å². The number of halogens is 3. The molecule has 0 amide bonds. The number of hydrogen-bond acceptors (Lipinski definition) is 3. The molecular formula is C14H9BrClFO3. The Morgan fingerprint density at radius 1 is 1.15 bits per heavy atom. The minimum absolute atomic E-state index is 0.00231. The predicted molar refractivity (Wildman–Crippen MR) is 78.0 cm³/mol. The number of phenolic OH excluding ortho intramolecular Hbond substituents is 1. The Kier molecular flexibility index (Phi) is 6.35. The normalized spacial score (nSPS) is 9.35. The van der Waals surface area contributed by atoms with Crippen molar-refractivity contribution in [2.75, 3.05) is 0 Å². The van der Waals surface area contributed by atoms with E-state index >= 15 is 0 Å². The molecule has 2 aromatic carbocycles. The van der Waals surface area contributed by atoms with Gasteiger partial charge in [-0.3, -0.25) is 9.59 Å². The quantitative estimate of drug-likeness (QED) is 0.815. The van der Waals surface area contributed by atoms with E-state index in [1.54, 1.807) is 18.2 Å². The van der Waals surface area contributed by atoms with Crippen LogP contribution in [0.15, 0.2) is 40.9 Å². The summed E-state index contributed by atoms with van der Waals surface area (Å²) in [7, 11) is 0. The van der Waals surface area contributed by atoms with Gasteiger partial charge in [0.2, 0.25) is 0 Å². The van der Waals surface area contributed by atoms with Crippen molar-refractivity contribution in [2.24, 2.45) is 0 Å². The maximum Gasteiger partial charge on any atom is 0.153 e. The Labute approximate surface area is 128 Å². The van der Waals surface area contributed by atoms with Gasteiger partial charge in [-0.2, -0.15) is 0 Å². The highest BCUT2D eigenvalue weighted by molar-refractivity contribution is 9.10. The van der Waals surface area contributed by atoms with Crippen molar-refractivity contribution in [3.8, 4) is 5.75 Å². The molecule has 0 aliphatic rings. The summed E-state index contributed by atoms with van der Waals surface area (Å²) in [5.41, 5.74) is 0.681. The first-order chi connectivity index (χ1) is 9.49. The predicted octanol–water partition coefficient (Wildman–Crippen LogP) is 4.26. The number of para-hydroxylation sites is 1. The molecule has 0 heterocycles. The van der Waals surface area contributed by atoms with Crippen LogP contribution >= 0.6 is 27.5 Å². The molecule has 20 heavy (non-hydrogen) atoms. The van der Waals surface area contributed by atoms with Gasteiger partial charge in [0.25, 0.3) is 0 Å². The van der Waals surface area contributed by atoms with E-state index in [4.69, 9.17) is 16.7 Å². The van der Waals surface area contributed by atoms with E-state index in [0.29, 0.717) is 28.2 Å². The van der Waals surface area contributed by atoms with E-state index in [9.17, 15) is 14.0 Å². The number of benzene rings is 2. The van der Waals surface area contributed by atoms with Gasteiger partial charge in [0.05, 0.1) is 15.1 Å². The SMILES string of the molecule is O=Cc1ccc(F)c(Cl)c1.O=Cc1cccc(Br)c1O. The smallest absolute Gasteiger partial charge is 0.153 e. The Morgan fingerprint density at radius 3 is 2.35 bits per heavy atom. The standard InChI is InChI=1S/C7H5BrO2.C7H4ClFO/c8-6-3-1-2-5(4-9)7(6)10;8-6-3-5(4-10)1-2-7(6)9/h1-4,10H;1-4H. The molecule has 1 N–H and O–H groups in total. The molecule has 0 radical (unpaired) electrons. The van der Waals surface area contributed by atoms with Crippen molar-refractivity contribution in [2.45, 2.75) is 0 Å². The van der Waals surface area contributed by atoms with Crippen LogP contribution in [-0.2, 0) is 0 Å². The average Bonchev–Trinajstić information content (AvgIpc) is 2.45. The van der Waals surface area contributed by atoms with Gasteiger partial charge in [-0.15, -0.1) is 0 Å². The Hall–Kier alpha value is -1.72. The Bertz CT molecular complexity index is 632. The van der Waals surface area contributed by atoms with Gasteiger partial charge in [0.1, 0.15) is 17.9 Å². The molecule has 0 unspecified atom stereocenters. The van der Waals surface area contributed by atoms with Crippen molar-refractivity contribution in [3.63, 3.8) is 0 Å². The number of aromatic hydroxyl groups is 1. The Morgan fingerprint density at radius 2 is 1.85 bits per heavy atom. The monoisotopic (exact) mass is 358 g/mol. The lowest BCUT2D eigenvalue weighted by atomic mass is 10.2. The van der Waals surface area contributed by atoms with E-state index < -0.39 is 5.82 Å². The van der Waals surface area contributed by atoms with Crippen LogP contribution in [0.2, 0.25) is 5.02 Å².